The second-order valence-electron chi connectivity index (χ2n) is 4.90. The Morgan fingerprint density at radius 3 is 2.60 bits per heavy atom. The minimum atomic E-state index is 0.770. The number of rotatable bonds is 5. The summed E-state index contributed by atoms with van der Waals surface area (Å²) in [6.45, 7) is 6.85. The first-order chi connectivity index (χ1) is 9.56. The summed E-state index contributed by atoms with van der Waals surface area (Å²) in [5, 5.41) is 3.14. The van der Waals surface area contributed by atoms with Gasteiger partial charge in [0.05, 0.1) is 6.26 Å². The zero-order valence-corrected chi connectivity index (χ0v) is 12.8. The maximum Gasteiger partial charge on any atom is 0.137 e. The van der Waals surface area contributed by atoms with Crippen LogP contribution in [0.4, 0.5) is 11.6 Å². The number of hydrogen-bond donors (Lipinski definition) is 1. The summed E-state index contributed by atoms with van der Waals surface area (Å²) in [6, 6.07) is 2.00. The van der Waals surface area contributed by atoms with E-state index in [1.165, 1.54) is 5.56 Å². The monoisotopic (exact) mass is 274 g/mol. The van der Waals surface area contributed by atoms with Gasteiger partial charge in [-0.15, -0.1) is 0 Å². The van der Waals surface area contributed by atoms with E-state index in [0.29, 0.717) is 0 Å². The molecule has 0 saturated carbocycles. The molecule has 0 aromatic carbocycles. The predicted octanol–water partition coefficient (Wildman–Crippen LogP) is 2.93. The summed E-state index contributed by atoms with van der Waals surface area (Å²) in [4.78, 5) is 11.3. The van der Waals surface area contributed by atoms with E-state index in [4.69, 9.17) is 4.42 Å². The van der Waals surface area contributed by atoms with Crippen LogP contribution in [0.1, 0.15) is 29.6 Å². The summed E-state index contributed by atoms with van der Waals surface area (Å²) in [6.07, 6.45) is 2.54. The third-order valence-electron chi connectivity index (χ3n) is 3.45. The van der Waals surface area contributed by atoms with Gasteiger partial charge in [0, 0.05) is 38.2 Å². The fourth-order valence-corrected chi connectivity index (χ4v) is 2.23. The standard InChI is InChI=1S/C15H22N4O/c1-6-13-17-14(16-4)10(2)15(18-13)19(5)9-12-7-8-20-11(12)3/h7-8H,6,9H2,1-5H3,(H,16,17,18). The van der Waals surface area contributed by atoms with Crippen molar-refractivity contribution in [3.05, 3.63) is 35.0 Å². The molecule has 0 radical (unpaired) electrons. The number of nitrogens with one attached hydrogen (secondary N) is 1. The topological polar surface area (TPSA) is 54.2 Å². The molecule has 1 N–H and O–H groups in total. The van der Waals surface area contributed by atoms with Crippen LogP contribution in [-0.4, -0.2) is 24.1 Å². The third-order valence-corrected chi connectivity index (χ3v) is 3.45. The van der Waals surface area contributed by atoms with E-state index in [1.54, 1.807) is 6.26 Å². The van der Waals surface area contributed by atoms with Crippen molar-refractivity contribution in [1.29, 1.82) is 0 Å². The molecule has 0 atom stereocenters. The van der Waals surface area contributed by atoms with Crippen molar-refractivity contribution < 1.29 is 4.42 Å². The van der Waals surface area contributed by atoms with Crippen LogP contribution < -0.4 is 10.2 Å². The Morgan fingerprint density at radius 1 is 1.30 bits per heavy atom. The highest BCUT2D eigenvalue weighted by Gasteiger charge is 2.14. The minimum absolute atomic E-state index is 0.770. The summed E-state index contributed by atoms with van der Waals surface area (Å²) in [5.41, 5.74) is 2.24. The Balaban J connectivity index is 2.33. The fourth-order valence-electron chi connectivity index (χ4n) is 2.23. The lowest BCUT2D eigenvalue weighted by atomic mass is 10.2. The normalized spacial score (nSPS) is 10.7. The molecular weight excluding hydrogens is 252 g/mol. The van der Waals surface area contributed by atoms with E-state index in [2.05, 4.69) is 27.1 Å². The summed E-state index contributed by atoms with van der Waals surface area (Å²) in [7, 11) is 3.93. The van der Waals surface area contributed by atoms with Crippen molar-refractivity contribution >= 4 is 11.6 Å². The molecule has 0 spiro atoms. The van der Waals surface area contributed by atoms with Gasteiger partial charge in [0.15, 0.2) is 0 Å². The first-order valence-corrected chi connectivity index (χ1v) is 6.86. The van der Waals surface area contributed by atoms with Crippen LogP contribution in [0.25, 0.3) is 0 Å². The highest BCUT2D eigenvalue weighted by atomic mass is 16.3. The molecule has 0 bridgehead atoms. The summed E-state index contributed by atoms with van der Waals surface area (Å²) >= 11 is 0. The van der Waals surface area contributed by atoms with Gasteiger partial charge in [-0.25, -0.2) is 9.97 Å². The third kappa shape index (κ3) is 2.76. The molecule has 0 amide bonds. The van der Waals surface area contributed by atoms with E-state index in [9.17, 15) is 0 Å². The summed E-state index contributed by atoms with van der Waals surface area (Å²) < 4.78 is 5.35. The minimum Gasteiger partial charge on any atom is -0.469 e. The van der Waals surface area contributed by atoms with E-state index in [1.807, 2.05) is 34.0 Å². The van der Waals surface area contributed by atoms with Crippen molar-refractivity contribution in [2.45, 2.75) is 33.7 Å². The second-order valence-corrected chi connectivity index (χ2v) is 4.90. The van der Waals surface area contributed by atoms with Gasteiger partial charge in [0.1, 0.15) is 23.2 Å². The maximum atomic E-state index is 5.35. The van der Waals surface area contributed by atoms with Gasteiger partial charge in [0.2, 0.25) is 0 Å². The number of hydrogen-bond acceptors (Lipinski definition) is 5. The molecule has 5 heteroatoms. The van der Waals surface area contributed by atoms with Gasteiger partial charge < -0.3 is 14.6 Å². The molecule has 2 aromatic rings. The average Bonchev–Trinajstić information content (AvgIpc) is 2.84. The van der Waals surface area contributed by atoms with Crippen LogP contribution in [-0.2, 0) is 13.0 Å². The average molecular weight is 274 g/mol. The van der Waals surface area contributed by atoms with Crippen molar-refractivity contribution in [3.8, 4) is 0 Å². The molecule has 2 rings (SSSR count). The lowest BCUT2D eigenvalue weighted by Gasteiger charge is -2.22. The van der Waals surface area contributed by atoms with Gasteiger partial charge in [-0.3, -0.25) is 0 Å². The fraction of sp³-hybridized carbons (Fsp3) is 0.467. The molecular formula is C15H22N4O. The second kappa shape index (κ2) is 5.94. The maximum absolute atomic E-state index is 5.35. The quantitative estimate of drug-likeness (QED) is 0.908. The van der Waals surface area contributed by atoms with Crippen molar-refractivity contribution in [1.82, 2.24) is 9.97 Å². The number of nitrogens with zero attached hydrogens (tertiary/aromatic N) is 3. The van der Waals surface area contributed by atoms with Gasteiger partial charge in [-0.1, -0.05) is 6.92 Å². The zero-order valence-electron chi connectivity index (χ0n) is 12.8. The molecule has 2 aromatic heterocycles. The Morgan fingerprint density at radius 2 is 2.05 bits per heavy atom. The Labute approximate surface area is 120 Å². The zero-order chi connectivity index (χ0) is 14.7. The van der Waals surface area contributed by atoms with Crippen molar-refractivity contribution in [3.63, 3.8) is 0 Å². The predicted molar refractivity (Wildman–Crippen MR) is 81.2 cm³/mol. The summed E-state index contributed by atoms with van der Waals surface area (Å²) in [5.74, 6) is 3.66. The molecule has 0 aliphatic rings. The Bertz CT molecular complexity index is 592. The van der Waals surface area contributed by atoms with E-state index < -0.39 is 0 Å². The molecule has 0 aliphatic heterocycles. The van der Waals surface area contributed by atoms with E-state index in [0.717, 1.165) is 41.7 Å². The van der Waals surface area contributed by atoms with Gasteiger partial charge in [-0.05, 0) is 19.9 Å². The van der Waals surface area contributed by atoms with E-state index >= 15 is 0 Å². The molecule has 0 fully saturated rings. The molecule has 108 valence electrons. The van der Waals surface area contributed by atoms with Crippen LogP contribution in [0.5, 0.6) is 0 Å². The molecule has 5 nitrogen and oxygen atoms in total. The van der Waals surface area contributed by atoms with Gasteiger partial charge in [0.25, 0.3) is 0 Å². The Kier molecular flexibility index (Phi) is 4.27. The van der Waals surface area contributed by atoms with Crippen LogP contribution in [0.15, 0.2) is 16.7 Å². The van der Waals surface area contributed by atoms with Crippen molar-refractivity contribution in [2.75, 3.05) is 24.3 Å². The van der Waals surface area contributed by atoms with Crippen LogP contribution in [0, 0.1) is 13.8 Å². The van der Waals surface area contributed by atoms with E-state index in [-0.39, 0.29) is 0 Å². The smallest absolute Gasteiger partial charge is 0.137 e. The lowest BCUT2D eigenvalue weighted by Crippen LogP contribution is -2.21. The van der Waals surface area contributed by atoms with Crippen LogP contribution in [0.3, 0.4) is 0 Å². The lowest BCUT2D eigenvalue weighted by molar-refractivity contribution is 0.529. The van der Waals surface area contributed by atoms with Crippen LogP contribution in [0.2, 0.25) is 0 Å². The Hall–Kier alpha value is -2.04. The SMILES string of the molecule is CCc1nc(NC)c(C)c(N(C)Cc2ccoc2C)n1. The molecule has 0 aliphatic carbocycles. The van der Waals surface area contributed by atoms with Gasteiger partial charge in [-0.2, -0.15) is 0 Å². The number of furan rings is 1. The van der Waals surface area contributed by atoms with Crippen molar-refractivity contribution in [2.24, 2.45) is 0 Å². The highest BCUT2D eigenvalue weighted by Crippen LogP contribution is 2.24. The number of aromatic nitrogens is 2. The number of anilines is 2. The largest absolute Gasteiger partial charge is 0.469 e. The molecule has 20 heavy (non-hydrogen) atoms. The highest BCUT2D eigenvalue weighted by molar-refractivity contribution is 5.58. The molecule has 0 unspecified atom stereocenters. The van der Waals surface area contributed by atoms with Gasteiger partial charge >= 0.3 is 0 Å². The first-order valence-electron chi connectivity index (χ1n) is 6.86. The number of aryl methyl sites for hydroxylation is 2. The molecule has 2 heterocycles. The first kappa shape index (κ1) is 14.4. The van der Waals surface area contributed by atoms with Crippen LogP contribution >= 0.6 is 0 Å². The molecule has 0 saturated heterocycles.